The first kappa shape index (κ1) is 15.8. The zero-order valence-electron chi connectivity index (χ0n) is 12.3. The minimum atomic E-state index is -1.29. The molecule has 0 saturated carbocycles. The Labute approximate surface area is 142 Å². The van der Waals surface area contributed by atoms with Crippen LogP contribution in [0.2, 0.25) is 5.02 Å². The number of furan rings is 1. The van der Waals surface area contributed by atoms with Crippen molar-refractivity contribution in [2.45, 2.75) is 0 Å². The second-order valence-corrected chi connectivity index (χ2v) is 5.52. The number of carboxylic acid groups (broad SMARTS) is 1. The van der Waals surface area contributed by atoms with Crippen LogP contribution in [0, 0.1) is 0 Å². The third-order valence-electron chi connectivity index (χ3n) is 3.48. The summed E-state index contributed by atoms with van der Waals surface area (Å²) in [6.45, 7) is 0. The molecule has 5 nitrogen and oxygen atoms in total. The first-order valence-electron chi connectivity index (χ1n) is 6.99. The van der Waals surface area contributed by atoms with E-state index in [2.05, 4.69) is 0 Å². The largest absolute Gasteiger partial charge is 0.478 e. The number of halogens is 1. The quantitative estimate of drug-likeness (QED) is 0.550. The molecular formula is C18H12ClNO4. The van der Waals surface area contributed by atoms with Gasteiger partial charge in [-0.1, -0.05) is 41.9 Å². The van der Waals surface area contributed by atoms with Gasteiger partial charge in [-0.2, -0.15) is 0 Å². The number of rotatable bonds is 4. The smallest absolute Gasteiger partial charge is 0.336 e. The third-order valence-corrected chi connectivity index (χ3v) is 3.70. The normalized spacial score (nSPS) is 10.5. The van der Waals surface area contributed by atoms with Crippen molar-refractivity contribution in [3.8, 4) is 11.3 Å². The zero-order chi connectivity index (χ0) is 17.3. The Morgan fingerprint density at radius 3 is 2.42 bits per heavy atom. The Balaban J connectivity index is 2.05. The number of carbonyl (C=O) groups is 2. The summed E-state index contributed by atoms with van der Waals surface area (Å²) in [7, 11) is 0. The molecule has 120 valence electrons. The molecule has 0 bridgehead atoms. The summed E-state index contributed by atoms with van der Waals surface area (Å²) in [6, 6.07) is 14.9. The number of aromatic carboxylic acids is 1. The van der Waals surface area contributed by atoms with Crippen LogP contribution in [0.1, 0.15) is 26.5 Å². The van der Waals surface area contributed by atoms with Crippen LogP contribution in [-0.4, -0.2) is 16.9 Å². The molecule has 0 aliphatic heterocycles. The van der Waals surface area contributed by atoms with Gasteiger partial charge in [-0.25, -0.2) is 4.79 Å². The highest BCUT2D eigenvalue weighted by Crippen LogP contribution is 2.28. The average Bonchev–Trinajstić information content (AvgIpc) is 3.04. The fourth-order valence-corrected chi connectivity index (χ4v) is 2.62. The highest BCUT2D eigenvalue weighted by molar-refractivity contribution is 6.32. The number of nitrogens with two attached hydrogens (primary N) is 1. The molecule has 0 aliphatic carbocycles. The standard InChI is InChI=1S/C18H12ClNO4/c19-11-8-12(18(22)23)16(13(20)9-11)17(21)15-7-6-14(24-15)10-4-2-1-3-5-10/h1-9H,20H2,(H,22,23). The van der Waals surface area contributed by atoms with E-state index < -0.39 is 11.8 Å². The van der Waals surface area contributed by atoms with Crippen molar-refractivity contribution in [2.75, 3.05) is 5.73 Å². The minimum Gasteiger partial charge on any atom is -0.478 e. The van der Waals surface area contributed by atoms with Gasteiger partial charge in [0, 0.05) is 16.3 Å². The van der Waals surface area contributed by atoms with Gasteiger partial charge in [0.1, 0.15) is 5.76 Å². The number of carboxylic acids is 1. The van der Waals surface area contributed by atoms with Crippen LogP contribution in [0.5, 0.6) is 0 Å². The Hall–Kier alpha value is -3.05. The van der Waals surface area contributed by atoms with E-state index in [1.165, 1.54) is 18.2 Å². The molecule has 3 N–H and O–H groups in total. The van der Waals surface area contributed by atoms with Gasteiger partial charge in [0.25, 0.3) is 0 Å². The lowest BCUT2D eigenvalue weighted by atomic mass is 10.00. The van der Waals surface area contributed by atoms with Crippen LogP contribution in [0.3, 0.4) is 0 Å². The van der Waals surface area contributed by atoms with Crippen molar-refractivity contribution in [3.63, 3.8) is 0 Å². The van der Waals surface area contributed by atoms with Gasteiger partial charge in [0.05, 0.1) is 11.1 Å². The molecule has 0 saturated heterocycles. The van der Waals surface area contributed by atoms with E-state index in [-0.39, 0.29) is 27.6 Å². The summed E-state index contributed by atoms with van der Waals surface area (Å²) in [5.74, 6) is -1.39. The monoisotopic (exact) mass is 341 g/mol. The Morgan fingerprint density at radius 1 is 1.04 bits per heavy atom. The van der Waals surface area contributed by atoms with E-state index in [0.29, 0.717) is 5.76 Å². The number of ketones is 1. The van der Waals surface area contributed by atoms with Crippen molar-refractivity contribution in [1.29, 1.82) is 0 Å². The van der Waals surface area contributed by atoms with Crippen LogP contribution in [0.4, 0.5) is 5.69 Å². The number of anilines is 1. The summed E-state index contributed by atoms with van der Waals surface area (Å²) in [4.78, 5) is 24.1. The van der Waals surface area contributed by atoms with Gasteiger partial charge < -0.3 is 15.3 Å². The average molecular weight is 342 g/mol. The van der Waals surface area contributed by atoms with Crippen LogP contribution in [-0.2, 0) is 0 Å². The maximum absolute atomic E-state index is 12.7. The van der Waals surface area contributed by atoms with Crippen LogP contribution in [0.15, 0.2) is 59.0 Å². The predicted octanol–water partition coefficient (Wildman–Crippen LogP) is 4.11. The molecule has 0 aliphatic rings. The molecule has 0 radical (unpaired) electrons. The molecule has 1 heterocycles. The van der Waals surface area contributed by atoms with E-state index in [0.717, 1.165) is 5.56 Å². The van der Waals surface area contributed by atoms with Crippen molar-refractivity contribution >= 4 is 29.0 Å². The second-order valence-electron chi connectivity index (χ2n) is 5.08. The van der Waals surface area contributed by atoms with Gasteiger partial charge in [0.2, 0.25) is 5.78 Å². The minimum absolute atomic E-state index is 0.00498. The SMILES string of the molecule is Nc1cc(Cl)cc(C(=O)O)c1C(=O)c1ccc(-c2ccccc2)o1. The van der Waals surface area contributed by atoms with Gasteiger partial charge >= 0.3 is 5.97 Å². The molecule has 0 fully saturated rings. The van der Waals surface area contributed by atoms with E-state index in [9.17, 15) is 14.7 Å². The lowest BCUT2D eigenvalue weighted by molar-refractivity contribution is 0.0692. The van der Waals surface area contributed by atoms with Gasteiger partial charge in [-0.05, 0) is 24.3 Å². The summed E-state index contributed by atoms with van der Waals surface area (Å²) >= 11 is 5.82. The topological polar surface area (TPSA) is 93.5 Å². The summed E-state index contributed by atoms with van der Waals surface area (Å²) in [5.41, 5.74) is 6.20. The summed E-state index contributed by atoms with van der Waals surface area (Å²) < 4.78 is 5.57. The molecule has 2 aromatic carbocycles. The van der Waals surface area contributed by atoms with Gasteiger partial charge in [0.15, 0.2) is 5.76 Å². The first-order chi connectivity index (χ1) is 11.5. The van der Waals surface area contributed by atoms with Crippen molar-refractivity contribution in [1.82, 2.24) is 0 Å². The fourth-order valence-electron chi connectivity index (χ4n) is 2.39. The Morgan fingerprint density at radius 2 is 1.75 bits per heavy atom. The van der Waals surface area contributed by atoms with Gasteiger partial charge in [-0.15, -0.1) is 0 Å². The molecule has 0 spiro atoms. The lowest BCUT2D eigenvalue weighted by Gasteiger charge is -2.08. The van der Waals surface area contributed by atoms with Crippen molar-refractivity contribution < 1.29 is 19.1 Å². The molecule has 0 atom stereocenters. The molecule has 6 heteroatoms. The van der Waals surface area contributed by atoms with Crippen molar-refractivity contribution in [2.24, 2.45) is 0 Å². The maximum atomic E-state index is 12.7. The molecular weight excluding hydrogens is 330 g/mol. The van der Waals surface area contributed by atoms with Crippen LogP contribution < -0.4 is 5.73 Å². The van der Waals surface area contributed by atoms with E-state index in [1.807, 2.05) is 30.3 Å². The number of carbonyl (C=O) groups excluding carboxylic acids is 1. The molecule has 24 heavy (non-hydrogen) atoms. The van der Waals surface area contributed by atoms with E-state index in [4.69, 9.17) is 21.8 Å². The van der Waals surface area contributed by atoms with Crippen molar-refractivity contribution in [3.05, 3.63) is 76.5 Å². The molecule has 0 amide bonds. The third kappa shape index (κ3) is 2.89. The Bertz CT molecular complexity index is 931. The number of benzene rings is 2. The highest BCUT2D eigenvalue weighted by atomic mass is 35.5. The molecule has 0 unspecified atom stereocenters. The first-order valence-corrected chi connectivity index (χ1v) is 7.37. The summed E-state index contributed by atoms with van der Waals surface area (Å²) in [6.07, 6.45) is 0. The van der Waals surface area contributed by atoms with Crippen LogP contribution in [0.25, 0.3) is 11.3 Å². The lowest BCUT2D eigenvalue weighted by Crippen LogP contribution is -2.12. The number of hydrogen-bond acceptors (Lipinski definition) is 4. The van der Waals surface area contributed by atoms with E-state index >= 15 is 0 Å². The van der Waals surface area contributed by atoms with Crippen LogP contribution >= 0.6 is 11.6 Å². The zero-order valence-corrected chi connectivity index (χ0v) is 13.1. The Kier molecular flexibility index (Phi) is 4.10. The fraction of sp³-hybridized carbons (Fsp3) is 0. The summed E-state index contributed by atoms with van der Waals surface area (Å²) in [5, 5.41) is 9.44. The maximum Gasteiger partial charge on any atom is 0.336 e. The van der Waals surface area contributed by atoms with Gasteiger partial charge in [-0.3, -0.25) is 4.79 Å². The molecule has 1 aromatic heterocycles. The molecule has 3 aromatic rings. The second kappa shape index (κ2) is 6.22. The number of nitrogen functional groups attached to an aromatic ring is 1. The van der Waals surface area contributed by atoms with E-state index in [1.54, 1.807) is 6.07 Å². The number of hydrogen-bond donors (Lipinski definition) is 2. The highest BCUT2D eigenvalue weighted by Gasteiger charge is 2.24. The molecule has 3 rings (SSSR count). The predicted molar refractivity (Wildman–Crippen MR) is 90.4 cm³/mol.